The van der Waals surface area contributed by atoms with Crippen LogP contribution in [0, 0.1) is 5.92 Å². The Morgan fingerprint density at radius 2 is 1.94 bits per heavy atom. The summed E-state index contributed by atoms with van der Waals surface area (Å²) in [4.78, 5) is 26.9. The third kappa shape index (κ3) is 7.00. The zero-order valence-electron chi connectivity index (χ0n) is 19.9. The number of hydrogen-bond donors (Lipinski definition) is 2. The fourth-order valence-corrected chi connectivity index (χ4v) is 5.60. The predicted octanol–water partition coefficient (Wildman–Crippen LogP) is 4.42. The number of piperidine rings is 2. The van der Waals surface area contributed by atoms with Crippen LogP contribution in [0.4, 0.5) is 5.69 Å². The minimum absolute atomic E-state index is 0.0848. The van der Waals surface area contributed by atoms with Gasteiger partial charge in [-0.25, -0.2) is 0 Å². The van der Waals surface area contributed by atoms with Gasteiger partial charge < -0.3 is 20.5 Å². The van der Waals surface area contributed by atoms with Crippen molar-refractivity contribution in [2.75, 3.05) is 32.5 Å². The number of methoxy groups -OCH3 is 1. The largest absolute Gasteiger partial charge is 0.496 e. The fourth-order valence-electron chi connectivity index (χ4n) is 5.43. The Morgan fingerprint density at radius 3 is 2.61 bits per heavy atom. The Morgan fingerprint density at radius 1 is 1.21 bits per heavy atom. The van der Waals surface area contributed by atoms with Crippen molar-refractivity contribution in [1.82, 2.24) is 10.2 Å². The van der Waals surface area contributed by atoms with Gasteiger partial charge >= 0.3 is 5.97 Å². The number of nitrogens with one attached hydrogen (secondary N) is 1. The number of amides is 1. The van der Waals surface area contributed by atoms with Gasteiger partial charge in [-0.1, -0.05) is 18.0 Å². The summed E-state index contributed by atoms with van der Waals surface area (Å²) >= 11 is 6.08. The van der Waals surface area contributed by atoms with E-state index in [4.69, 9.17) is 26.8 Å². The molecule has 3 N–H and O–H groups in total. The number of anilines is 1. The maximum absolute atomic E-state index is 12.6. The number of nitrogens with two attached hydrogens (primary N) is 1. The SMILES string of the molecule is CCOC(=O)CCCN1C2CCCC1CC(CCCNC(=O)c1cc(Cl)c(N)cc1OC)C2. The maximum atomic E-state index is 12.6. The van der Waals surface area contributed by atoms with Crippen molar-refractivity contribution >= 4 is 29.2 Å². The maximum Gasteiger partial charge on any atom is 0.305 e. The van der Waals surface area contributed by atoms with E-state index < -0.39 is 0 Å². The van der Waals surface area contributed by atoms with Gasteiger partial charge in [-0.15, -0.1) is 0 Å². The Bertz CT molecular complexity index is 805. The first kappa shape index (κ1) is 25.6. The number of carbonyl (C=O) groups excluding carboxylic acids is 2. The van der Waals surface area contributed by atoms with Gasteiger partial charge in [-0.3, -0.25) is 14.5 Å². The summed E-state index contributed by atoms with van der Waals surface area (Å²) in [7, 11) is 1.51. The first-order valence-corrected chi connectivity index (χ1v) is 12.6. The van der Waals surface area contributed by atoms with Crippen LogP contribution >= 0.6 is 11.6 Å². The summed E-state index contributed by atoms with van der Waals surface area (Å²) in [6, 6.07) is 4.39. The van der Waals surface area contributed by atoms with Crippen LogP contribution < -0.4 is 15.8 Å². The second kappa shape index (κ2) is 12.5. The summed E-state index contributed by atoms with van der Waals surface area (Å²) in [5, 5.41) is 3.34. The molecule has 0 saturated carbocycles. The summed E-state index contributed by atoms with van der Waals surface area (Å²) in [5.41, 5.74) is 6.60. The van der Waals surface area contributed by atoms with Gasteiger partial charge in [0.2, 0.25) is 0 Å². The van der Waals surface area contributed by atoms with Gasteiger partial charge in [0.15, 0.2) is 0 Å². The number of fused-ring (bicyclic) bond motifs is 2. The van der Waals surface area contributed by atoms with Gasteiger partial charge in [0.05, 0.1) is 30.0 Å². The van der Waals surface area contributed by atoms with Crippen molar-refractivity contribution in [3.05, 3.63) is 22.7 Å². The highest BCUT2D eigenvalue weighted by Gasteiger charge is 2.37. The highest BCUT2D eigenvalue weighted by Crippen LogP contribution is 2.38. The van der Waals surface area contributed by atoms with E-state index in [-0.39, 0.29) is 11.9 Å². The summed E-state index contributed by atoms with van der Waals surface area (Å²) in [6.07, 6.45) is 9.68. The molecule has 1 amide bonds. The zero-order chi connectivity index (χ0) is 23.8. The number of halogens is 1. The number of nitrogen functional groups attached to an aromatic ring is 1. The number of carbonyl (C=O) groups is 2. The van der Waals surface area contributed by atoms with Crippen molar-refractivity contribution in [2.24, 2.45) is 5.92 Å². The van der Waals surface area contributed by atoms with Crippen LogP contribution in [0.2, 0.25) is 5.02 Å². The molecular formula is C25H38ClN3O4. The average Bonchev–Trinajstić information content (AvgIpc) is 2.78. The minimum Gasteiger partial charge on any atom is -0.496 e. The van der Waals surface area contributed by atoms with Gasteiger partial charge in [-0.2, -0.15) is 0 Å². The van der Waals surface area contributed by atoms with E-state index in [1.165, 1.54) is 39.2 Å². The van der Waals surface area contributed by atoms with E-state index in [0.717, 1.165) is 25.8 Å². The van der Waals surface area contributed by atoms with Crippen LogP contribution in [0.15, 0.2) is 12.1 Å². The van der Waals surface area contributed by atoms with E-state index in [9.17, 15) is 9.59 Å². The molecule has 0 aromatic heterocycles. The fraction of sp³-hybridized carbons (Fsp3) is 0.680. The van der Waals surface area contributed by atoms with Crippen LogP contribution in [-0.2, 0) is 9.53 Å². The molecule has 2 aliphatic heterocycles. The molecule has 184 valence electrons. The number of nitrogens with zero attached hydrogens (tertiary/aromatic N) is 1. The van der Waals surface area contributed by atoms with Crippen molar-refractivity contribution in [3.63, 3.8) is 0 Å². The molecular weight excluding hydrogens is 442 g/mol. The van der Waals surface area contributed by atoms with E-state index in [1.54, 1.807) is 12.1 Å². The topological polar surface area (TPSA) is 93.9 Å². The number of esters is 1. The lowest BCUT2D eigenvalue weighted by Gasteiger charge is -2.49. The molecule has 2 saturated heterocycles. The molecule has 2 atom stereocenters. The van der Waals surface area contributed by atoms with Gasteiger partial charge in [0.25, 0.3) is 5.91 Å². The molecule has 2 aliphatic rings. The molecule has 2 bridgehead atoms. The Labute approximate surface area is 202 Å². The van der Waals surface area contributed by atoms with Crippen molar-refractivity contribution < 1.29 is 19.1 Å². The molecule has 0 spiro atoms. The minimum atomic E-state index is -0.193. The standard InChI is InChI=1S/C25H38ClN3O4/c1-3-33-24(30)10-6-12-29-18-8-4-9-19(29)14-17(13-18)7-5-11-28-25(31)20-15-21(26)22(27)16-23(20)32-2/h15-19H,3-14,27H2,1-2H3,(H,28,31). The summed E-state index contributed by atoms with van der Waals surface area (Å²) in [6.45, 7) is 3.92. The highest BCUT2D eigenvalue weighted by atomic mass is 35.5. The van der Waals surface area contributed by atoms with Crippen molar-refractivity contribution in [3.8, 4) is 5.75 Å². The van der Waals surface area contributed by atoms with E-state index in [0.29, 0.717) is 59.6 Å². The lowest BCUT2D eigenvalue weighted by molar-refractivity contribution is -0.143. The normalized spacial score (nSPS) is 22.6. The Balaban J connectivity index is 1.42. The molecule has 2 unspecified atom stereocenters. The first-order valence-electron chi connectivity index (χ1n) is 12.3. The van der Waals surface area contributed by atoms with Crippen LogP contribution in [-0.4, -0.2) is 55.7 Å². The van der Waals surface area contributed by atoms with Crippen molar-refractivity contribution in [2.45, 2.75) is 76.8 Å². The molecule has 0 radical (unpaired) electrons. The predicted molar refractivity (Wildman–Crippen MR) is 131 cm³/mol. The number of rotatable bonds is 11. The first-order chi connectivity index (χ1) is 15.9. The molecule has 0 aliphatic carbocycles. The van der Waals surface area contributed by atoms with Crippen molar-refractivity contribution in [1.29, 1.82) is 0 Å². The van der Waals surface area contributed by atoms with Crippen LogP contribution in [0.25, 0.3) is 0 Å². The quantitative estimate of drug-likeness (QED) is 0.277. The molecule has 2 heterocycles. The molecule has 1 aromatic carbocycles. The third-order valence-electron chi connectivity index (χ3n) is 6.96. The molecule has 3 rings (SSSR count). The van der Waals surface area contributed by atoms with Crippen LogP contribution in [0.1, 0.15) is 75.1 Å². The smallest absolute Gasteiger partial charge is 0.305 e. The van der Waals surface area contributed by atoms with Gasteiger partial charge in [-0.05, 0) is 70.4 Å². The van der Waals surface area contributed by atoms with E-state index in [2.05, 4.69) is 10.2 Å². The summed E-state index contributed by atoms with van der Waals surface area (Å²) < 4.78 is 10.3. The highest BCUT2D eigenvalue weighted by molar-refractivity contribution is 6.33. The van der Waals surface area contributed by atoms with E-state index in [1.807, 2.05) is 6.92 Å². The van der Waals surface area contributed by atoms with E-state index >= 15 is 0 Å². The van der Waals surface area contributed by atoms with Crippen LogP contribution in [0.5, 0.6) is 5.75 Å². The lowest BCUT2D eigenvalue weighted by atomic mass is 9.76. The number of ether oxygens (including phenoxy) is 2. The van der Waals surface area contributed by atoms with Crippen LogP contribution in [0.3, 0.4) is 0 Å². The monoisotopic (exact) mass is 479 g/mol. The second-order valence-electron chi connectivity index (χ2n) is 9.19. The molecule has 1 aromatic rings. The zero-order valence-corrected chi connectivity index (χ0v) is 20.7. The average molecular weight is 480 g/mol. The Hall–Kier alpha value is -1.99. The van der Waals surface area contributed by atoms with Gasteiger partial charge in [0.1, 0.15) is 5.75 Å². The van der Waals surface area contributed by atoms with Gasteiger partial charge in [0, 0.05) is 31.1 Å². The Kier molecular flexibility index (Phi) is 9.68. The molecule has 8 heteroatoms. The second-order valence-corrected chi connectivity index (χ2v) is 9.60. The molecule has 33 heavy (non-hydrogen) atoms. The lowest BCUT2D eigenvalue weighted by Crippen LogP contribution is -2.52. The number of benzene rings is 1. The third-order valence-corrected chi connectivity index (χ3v) is 7.29. The molecule has 2 fully saturated rings. The number of hydrogen-bond acceptors (Lipinski definition) is 6. The summed E-state index contributed by atoms with van der Waals surface area (Å²) in [5.74, 6) is 0.844. The molecule has 7 nitrogen and oxygen atoms in total.